The van der Waals surface area contributed by atoms with Crippen LogP contribution in [0.3, 0.4) is 0 Å². The van der Waals surface area contributed by atoms with Crippen LogP contribution in [0.15, 0.2) is 48.6 Å². The summed E-state index contributed by atoms with van der Waals surface area (Å²) in [5.41, 5.74) is 0. The molecule has 0 saturated carbocycles. The van der Waals surface area contributed by atoms with Crippen molar-refractivity contribution >= 4 is 13.5 Å². The number of rotatable bonds is 33. The van der Waals surface area contributed by atoms with Gasteiger partial charge >= 0.3 is 0 Å². The van der Waals surface area contributed by atoms with Gasteiger partial charge in [-0.05, 0) is 128 Å². The molecule has 1 fully saturated rings. The van der Waals surface area contributed by atoms with E-state index in [9.17, 15) is 5.11 Å². The highest BCUT2D eigenvalue weighted by Crippen LogP contribution is 2.35. The summed E-state index contributed by atoms with van der Waals surface area (Å²) in [4.78, 5) is 0. The fourth-order valence-corrected chi connectivity index (χ4v) is 6.15. The van der Waals surface area contributed by atoms with E-state index in [0.717, 1.165) is 25.7 Å². The highest BCUT2D eigenvalue weighted by Gasteiger charge is 2.40. The number of hydrogen-bond acceptors (Lipinski definition) is 3. The minimum absolute atomic E-state index is 0. The maximum atomic E-state index is 9.26. The molecule has 1 rings (SSSR count). The Morgan fingerprint density at radius 3 is 1.20 bits per heavy atom. The molecule has 1 atom stereocenters. The standard InChI is InChI=1S/C42H76O3.H2S/c1-3-5-7-9-11-13-15-17-19-21-23-25-27-29-31-33-37-42(44-40-41(45-42)36-35-39-43)38-34-32-30-28-26-24-22-20-18-16-14-12-10-8-6-4-2;/h11-14,23-26,41,43H,3-10,15-22,27-40H2,1-2H3;1H2/b13-11-,14-12-,25-23-,26-24-;/t41-;/m0./s1. The van der Waals surface area contributed by atoms with Crippen LogP contribution in [0.4, 0.5) is 0 Å². The first-order valence-corrected chi connectivity index (χ1v) is 19.8. The fraction of sp³-hybridized carbons (Fsp3) is 0.810. The third kappa shape index (κ3) is 28.2. The molecule has 46 heavy (non-hydrogen) atoms. The Morgan fingerprint density at radius 2 is 0.848 bits per heavy atom. The predicted molar refractivity (Wildman–Crippen MR) is 208 cm³/mol. The lowest BCUT2D eigenvalue weighted by Gasteiger charge is -2.28. The van der Waals surface area contributed by atoms with E-state index in [1.807, 2.05) is 0 Å². The molecule has 0 aliphatic carbocycles. The van der Waals surface area contributed by atoms with Gasteiger partial charge in [0, 0.05) is 19.4 Å². The Kier molecular flexibility index (Phi) is 34.9. The summed E-state index contributed by atoms with van der Waals surface area (Å²) in [5.74, 6) is -0.388. The van der Waals surface area contributed by atoms with Gasteiger partial charge in [0.05, 0.1) is 12.7 Å². The quantitative estimate of drug-likeness (QED) is 0.0561. The summed E-state index contributed by atoms with van der Waals surface area (Å²) in [6.07, 6.45) is 53.4. The Labute approximate surface area is 294 Å². The lowest BCUT2D eigenvalue weighted by molar-refractivity contribution is -0.180. The van der Waals surface area contributed by atoms with Crippen molar-refractivity contribution in [2.24, 2.45) is 0 Å². The Balaban J connectivity index is 0.0000202. The first-order valence-electron chi connectivity index (χ1n) is 19.8. The van der Waals surface area contributed by atoms with Crippen LogP contribution in [-0.2, 0) is 9.47 Å². The van der Waals surface area contributed by atoms with Crippen LogP contribution >= 0.6 is 13.5 Å². The van der Waals surface area contributed by atoms with Crippen molar-refractivity contribution in [3.05, 3.63) is 48.6 Å². The minimum atomic E-state index is -0.388. The molecule has 1 saturated heterocycles. The molecule has 0 spiro atoms. The Morgan fingerprint density at radius 1 is 0.500 bits per heavy atom. The normalized spacial score (nSPS) is 16.5. The van der Waals surface area contributed by atoms with Crippen LogP contribution in [0.25, 0.3) is 0 Å². The summed E-state index contributed by atoms with van der Waals surface area (Å²) >= 11 is 0. The van der Waals surface area contributed by atoms with Crippen LogP contribution in [0.2, 0.25) is 0 Å². The topological polar surface area (TPSA) is 38.7 Å². The van der Waals surface area contributed by atoms with Crippen molar-refractivity contribution in [3.8, 4) is 0 Å². The molecule has 0 bridgehead atoms. The molecule has 0 radical (unpaired) electrons. The van der Waals surface area contributed by atoms with Crippen LogP contribution in [-0.4, -0.2) is 30.2 Å². The van der Waals surface area contributed by atoms with Gasteiger partial charge in [-0.1, -0.05) is 101 Å². The first kappa shape index (κ1) is 45.2. The number of aliphatic hydroxyl groups is 1. The van der Waals surface area contributed by atoms with E-state index in [0.29, 0.717) is 6.61 Å². The van der Waals surface area contributed by atoms with E-state index in [2.05, 4.69) is 62.5 Å². The van der Waals surface area contributed by atoms with E-state index in [4.69, 9.17) is 9.47 Å². The fourth-order valence-electron chi connectivity index (χ4n) is 6.15. The molecule has 1 N–H and O–H groups in total. The van der Waals surface area contributed by atoms with E-state index in [1.54, 1.807) is 0 Å². The molecule has 1 aliphatic heterocycles. The van der Waals surface area contributed by atoms with E-state index < -0.39 is 0 Å². The van der Waals surface area contributed by atoms with Crippen LogP contribution < -0.4 is 0 Å². The molecule has 0 unspecified atom stereocenters. The smallest absolute Gasteiger partial charge is 0.168 e. The molecule has 1 aliphatic rings. The summed E-state index contributed by atoms with van der Waals surface area (Å²) in [7, 11) is 0. The maximum Gasteiger partial charge on any atom is 0.168 e. The van der Waals surface area contributed by atoms with Crippen LogP contribution in [0.5, 0.6) is 0 Å². The van der Waals surface area contributed by atoms with Gasteiger partial charge in [0.25, 0.3) is 0 Å². The molecule has 3 nitrogen and oxygen atoms in total. The second-order valence-electron chi connectivity index (χ2n) is 13.5. The van der Waals surface area contributed by atoms with Gasteiger partial charge < -0.3 is 14.6 Å². The van der Waals surface area contributed by atoms with Gasteiger partial charge in [-0.15, -0.1) is 0 Å². The second-order valence-corrected chi connectivity index (χ2v) is 13.5. The summed E-state index contributed by atoms with van der Waals surface area (Å²) < 4.78 is 12.9. The highest BCUT2D eigenvalue weighted by molar-refractivity contribution is 7.59. The van der Waals surface area contributed by atoms with Crippen molar-refractivity contribution in [3.63, 3.8) is 0 Å². The van der Waals surface area contributed by atoms with Crippen molar-refractivity contribution in [2.75, 3.05) is 13.2 Å². The molecule has 1 heterocycles. The molecule has 270 valence electrons. The van der Waals surface area contributed by atoms with Gasteiger partial charge in [0.2, 0.25) is 0 Å². The molecular formula is C42H78O3S. The minimum Gasteiger partial charge on any atom is -0.396 e. The number of aliphatic hydroxyl groups excluding tert-OH is 1. The molecule has 0 aromatic rings. The van der Waals surface area contributed by atoms with Gasteiger partial charge in [0.1, 0.15) is 0 Å². The number of allylic oxidation sites excluding steroid dienone is 8. The highest BCUT2D eigenvalue weighted by atomic mass is 32.1. The summed E-state index contributed by atoms with van der Waals surface area (Å²) in [5, 5.41) is 9.26. The molecule has 0 amide bonds. The molecule has 0 aromatic heterocycles. The summed E-state index contributed by atoms with van der Waals surface area (Å²) in [6.45, 7) is 5.46. The predicted octanol–water partition coefficient (Wildman–Crippen LogP) is 13.4. The molecule has 4 heteroatoms. The van der Waals surface area contributed by atoms with E-state index >= 15 is 0 Å². The Hall–Kier alpha value is -0.810. The summed E-state index contributed by atoms with van der Waals surface area (Å²) in [6, 6.07) is 0. The zero-order valence-corrected chi connectivity index (χ0v) is 31.7. The van der Waals surface area contributed by atoms with Gasteiger partial charge in [-0.25, -0.2) is 0 Å². The first-order chi connectivity index (χ1) is 22.3. The van der Waals surface area contributed by atoms with Gasteiger partial charge in [-0.2, -0.15) is 13.5 Å². The van der Waals surface area contributed by atoms with Gasteiger partial charge in [-0.3, -0.25) is 0 Å². The van der Waals surface area contributed by atoms with Crippen molar-refractivity contribution < 1.29 is 14.6 Å². The van der Waals surface area contributed by atoms with E-state index in [-0.39, 0.29) is 32.0 Å². The van der Waals surface area contributed by atoms with Crippen LogP contribution in [0, 0.1) is 0 Å². The lowest BCUT2D eigenvalue weighted by Crippen LogP contribution is -2.31. The monoisotopic (exact) mass is 663 g/mol. The average molecular weight is 663 g/mol. The molecule has 0 aromatic carbocycles. The number of unbranched alkanes of at least 4 members (excludes halogenated alkanes) is 18. The zero-order chi connectivity index (χ0) is 32.4. The maximum absolute atomic E-state index is 9.26. The Bertz CT molecular complexity index is 680. The number of hydrogen-bond donors (Lipinski definition) is 1. The average Bonchev–Trinajstić information content (AvgIpc) is 3.46. The van der Waals surface area contributed by atoms with Crippen molar-refractivity contribution in [2.45, 2.75) is 206 Å². The van der Waals surface area contributed by atoms with E-state index in [1.165, 1.54) is 154 Å². The lowest BCUT2D eigenvalue weighted by atomic mass is 9.99. The largest absolute Gasteiger partial charge is 0.396 e. The van der Waals surface area contributed by atoms with Gasteiger partial charge in [0.15, 0.2) is 5.79 Å². The zero-order valence-electron chi connectivity index (χ0n) is 30.7. The third-order valence-electron chi connectivity index (χ3n) is 9.05. The van der Waals surface area contributed by atoms with Crippen molar-refractivity contribution in [1.29, 1.82) is 0 Å². The second kappa shape index (κ2) is 35.5. The van der Waals surface area contributed by atoms with Crippen molar-refractivity contribution in [1.82, 2.24) is 0 Å². The SMILES string of the molecule is CCCCC/C=C\CCCC/C=C\CCCCCC1(CCCCC/C=C\CCCC/C=C\CCCCC)OC[C@H](CCCO)O1.S. The number of ether oxygens (including phenoxy) is 2. The molecular weight excluding hydrogens is 585 g/mol. The third-order valence-corrected chi connectivity index (χ3v) is 9.05. The van der Waals surface area contributed by atoms with Crippen LogP contribution in [0.1, 0.15) is 194 Å².